The van der Waals surface area contributed by atoms with E-state index in [2.05, 4.69) is 10.1 Å². The van der Waals surface area contributed by atoms with E-state index in [1.54, 1.807) is 29.2 Å². The maximum absolute atomic E-state index is 13.5. The molecule has 10 nitrogen and oxygen atoms in total. The number of piperazine rings is 1. The molecule has 38 heavy (non-hydrogen) atoms. The van der Waals surface area contributed by atoms with Crippen LogP contribution in [-0.2, 0) is 10.2 Å². The SMILES string of the molecule is Cc1ccc(N2CCN(C(=O)c3ccon3)CC2)nc1-c1ccc2c(c1)N(C)S(=O)(=O)N2CC1CC1(F)F. The second kappa shape index (κ2) is 8.65. The van der Waals surface area contributed by atoms with Gasteiger partial charge >= 0.3 is 10.2 Å². The molecule has 1 aliphatic carbocycles. The first-order chi connectivity index (χ1) is 18.1. The number of rotatable bonds is 5. The Bertz CT molecular complexity index is 1510. The maximum Gasteiger partial charge on any atom is 0.326 e. The fourth-order valence-electron chi connectivity index (χ4n) is 5.00. The molecule has 0 spiro atoms. The van der Waals surface area contributed by atoms with Crippen LogP contribution in [0.5, 0.6) is 0 Å². The Morgan fingerprint density at radius 1 is 1.11 bits per heavy atom. The zero-order chi connectivity index (χ0) is 26.8. The van der Waals surface area contributed by atoms with Gasteiger partial charge < -0.3 is 14.3 Å². The third kappa shape index (κ3) is 4.05. The quantitative estimate of drug-likeness (QED) is 0.486. The predicted molar refractivity (Wildman–Crippen MR) is 137 cm³/mol. The van der Waals surface area contributed by atoms with Gasteiger partial charge in [0.2, 0.25) is 0 Å². The fourth-order valence-corrected chi connectivity index (χ4v) is 6.46. The molecule has 0 N–H and O–H groups in total. The van der Waals surface area contributed by atoms with Gasteiger partial charge in [0, 0.05) is 63.7 Å². The van der Waals surface area contributed by atoms with Gasteiger partial charge in [-0.05, 0) is 30.7 Å². The summed E-state index contributed by atoms with van der Waals surface area (Å²) in [6.07, 6.45) is 1.07. The smallest absolute Gasteiger partial charge is 0.326 e. The van der Waals surface area contributed by atoms with Crippen LogP contribution in [0, 0.1) is 12.8 Å². The number of pyridine rings is 1. The van der Waals surface area contributed by atoms with E-state index in [0.717, 1.165) is 25.6 Å². The van der Waals surface area contributed by atoms with Crippen molar-refractivity contribution in [2.45, 2.75) is 19.3 Å². The fraction of sp³-hybridized carbons (Fsp3) is 0.400. The summed E-state index contributed by atoms with van der Waals surface area (Å²) in [7, 11) is -2.50. The number of carbonyl (C=O) groups is 1. The van der Waals surface area contributed by atoms with Crippen LogP contribution in [0.25, 0.3) is 11.3 Å². The van der Waals surface area contributed by atoms with Gasteiger partial charge in [0.05, 0.1) is 17.1 Å². The molecule has 1 amide bonds. The van der Waals surface area contributed by atoms with E-state index >= 15 is 0 Å². The van der Waals surface area contributed by atoms with Crippen LogP contribution in [0.2, 0.25) is 0 Å². The third-order valence-corrected chi connectivity index (χ3v) is 9.25. The number of aryl methyl sites for hydroxylation is 1. The largest absolute Gasteiger partial charge is 0.364 e. The molecule has 3 aromatic rings. The highest BCUT2D eigenvalue weighted by Crippen LogP contribution is 2.51. The lowest BCUT2D eigenvalue weighted by Gasteiger charge is -2.35. The number of benzene rings is 1. The molecule has 1 saturated heterocycles. The Morgan fingerprint density at radius 2 is 1.84 bits per heavy atom. The minimum atomic E-state index is -3.93. The van der Waals surface area contributed by atoms with Crippen LogP contribution >= 0.6 is 0 Å². The summed E-state index contributed by atoms with van der Waals surface area (Å²) in [6.45, 7) is 3.87. The number of anilines is 3. The molecule has 1 aromatic carbocycles. The van der Waals surface area contributed by atoms with Crippen LogP contribution in [0.4, 0.5) is 26.0 Å². The first-order valence-corrected chi connectivity index (χ1v) is 13.7. The summed E-state index contributed by atoms with van der Waals surface area (Å²) in [5.41, 5.74) is 3.43. The van der Waals surface area contributed by atoms with Crippen molar-refractivity contribution in [3.63, 3.8) is 0 Å². The molecule has 2 fully saturated rings. The zero-order valence-corrected chi connectivity index (χ0v) is 21.7. The first kappa shape index (κ1) is 24.6. The van der Waals surface area contributed by atoms with Crippen molar-refractivity contribution in [2.75, 3.05) is 53.3 Å². The number of aromatic nitrogens is 2. The second-order valence-electron chi connectivity index (χ2n) is 9.87. The van der Waals surface area contributed by atoms with Gasteiger partial charge in [-0.25, -0.2) is 13.8 Å². The Balaban J connectivity index is 1.23. The number of nitrogens with zero attached hydrogens (tertiary/aromatic N) is 6. The molecule has 0 radical (unpaired) electrons. The third-order valence-electron chi connectivity index (χ3n) is 7.45. The van der Waals surface area contributed by atoms with Crippen molar-refractivity contribution in [2.24, 2.45) is 5.92 Å². The minimum absolute atomic E-state index is 0.174. The first-order valence-electron chi connectivity index (χ1n) is 12.3. The number of halogens is 2. The molecule has 3 aliphatic rings. The number of hydrogen-bond acceptors (Lipinski definition) is 7. The van der Waals surface area contributed by atoms with Crippen LogP contribution in [-0.4, -0.2) is 75.1 Å². The van der Waals surface area contributed by atoms with Crippen molar-refractivity contribution in [1.82, 2.24) is 15.0 Å². The van der Waals surface area contributed by atoms with Gasteiger partial charge in [0.25, 0.3) is 11.8 Å². The molecular formula is C25H26F2N6O4S. The predicted octanol–water partition coefficient (Wildman–Crippen LogP) is 3.16. The number of fused-ring (bicyclic) bond motifs is 1. The molecule has 6 rings (SSSR count). The van der Waals surface area contributed by atoms with E-state index in [1.165, 1.54) is 13.3 Å². The topological polar surface area (TPSA) is 103 Å². The normalized spacial score (nSPS) is 21.5. The summed E-state index contributed by atoms with van der Waals surface area (Å²) in [4.78, 5) is 21.3. The van der Waals surface area contributed by atoms with E-state index in [1.807, 2.05) is 19.1 Å². The summed E-state index contributed by atoms with van der Waals surface area (Å²) >= 11 is 0. The van der Waals surface area contributed by atoms with Gasteiger partial charge in [-0.3, -0.25) is 13.4 Å². The molecule has 1 atom stereocenters. The number of hydrogen-bond donors (Lipinski definition) is 0. The highest BCUT2D eigenvalue weighted by Gasteiger charge is 2.59. The van der Waals surface area contributed by atoms with Crippen LogP contribution in [0.3, 0.4) is 0 Å². The highest BCUT2D eigenvalue weighted by atomic mass is 32.2. The minimum Gasteiger partial charge on any atom is -0.364 e. The molecule has 1 unspecified atom stereocenters. The van der Waals surface area contributed by atoms with E-state index in [9.17, 15) is 22.0 Å². The van der Waals surface area contributed by atoms with Crippen LogP contribution < -0.4 is 13.5 Å². The van der Waals surface area contributed by atoms with E-state index in [0.29, 0.717) is 43.2 Å². The molecule has 2 aromatic heterocycles. The highest BCUT2D eigenvalue weighted by molar-refractivity contribution is 7.94. The average molecular weight is 545 g/mol. The monoisotopic (exact) mass is 544 g/mol. The number of carbonyl (C=O) groups excluding carboxylic acids is 1. The standard InChI is InChI=1S/C25H26F2N6O4S/c1-16-3-6-22(31-8-10-32(11-9-31)24(34)19-7-12-37-29-19)28-23(16)17-4-5-20-21(13-17)30(2)38(35,36)33(20)15-18-14-25(18,26)27/h3-7,12-13,18H,8-11,14-15H2,1-2H3. The molecule has 0 bridgehead atoms. The van der Waals surface area contributed by atoms with Crippen molar-refractivity contribution >= 4 is 33.3 Å². The maximum atomic E-state index is 13.5. The van der Waals surface area contributed by atoms with E-state index in [-0.39, 0.29) is 24.6 Å². The lowest BCUT2D eigenvalue weighted by atomic mass is 10.0. The van der Waals surface area contributed by atoms with Crippen LogP contribution in [0.15, 0.2) is 47.2 Å². The molecule has 13 heteroatoms. The zero-order valence-electron chi connectivity index (χ0n) is 20.8. The van der Waals surface area contributed by atoms with Crippen molar-refractivity contribution in [3.8, 4) is 11.3 Å². The van der Waals surface area contributed by atoms with Gasteiger partial charge in [0.1, 0.15) is 12.1 Å². The average Bonchev–Trinajstić information content (AvgIpc) is 3.22. The van der Waals surface area contributed by atoms with Gasteiger partial charge in [-0.1, -0.05) is 17.3 Å². The Hall–Kier alpha value is -3.74. The molecule has 2 aliphatic heterocycles. The van der Waals surface area contributed by atoms with Crippen molar-refractivity contribution in [3.05, 3.63) is 53.9 Å². The molecule has 1 saturated carbocycles. The lowest BCUT2D eigenvalue weighted by Crippen LogP contribution is -2.49. The van der Waals surface area contributed by atoms with Crippen molar-refractivity contribution in [1.29, 1.82) is 0 Å². The van der Waals surface area contributed by atoms with Gasteiger partial charge in [0.15, 0.2) is 5.69 Å². The summed E-state index contributed by atoms with van der Waals surface area (Å²) < 4.78 is 60.1. The molecular weight excluding hydrogens is 518 g/mol. The number of alkyl halides is 2. The van der Waals surface area contributed by atoms with E-state index < -0.39 is 22.0 Å². The Morgan fingerprint density at radius 3 is 2.50 bits per heavy atom. The van der Waals surface area contributed by atoms with Gasteiger partial charge in [-0.2, -0.15) is 8.42 Å². The Kier molecular flexibility index (Phi) is 5.60. The van der Waals surface area contributed by atoms with Gasteiger partial charge in [-0.15, -0.1) is 0 Å². The van der Waals surface area contributed by atoms with E-state index in [4.69, 9.17) is 9.51 Å². The Labute approximate surface area is 218 Å². The summed E-state index contributed by atoms with van der Waals surface area (Å²) in [6, 6.07) is 10.6. The van der Waals surface area contributed by atoms with Crippen LogP contribution in [0.1, 0.15) is 22.5 Å². The molecule has 4 heterocycles. The summed E-state index contributed by atoms with van der Waals surface area (Å²) in [5.74, 6) is -3.21. The second-order valence-corrected chi connectivity index (χ2v) is 11.8. The summed E-state index contributed by atoms with van der Waals surface area (Å²) in [5, 5.41) is 3.72. The number of amides is 1. The van der Waals surface area contributed by atoms with Crippen molar-refractivity contribution < 1.29 is 26.5 Å². The molecule has 200 valence electrons. The lowest BCUT2D eigenvalue weighted by molar-refractivity contribution is 0.0736.